The molecule has 0 aliphatic carbocycles. The lowest BCUT2D eigenvalue weighted by atomic mass is 9.98. The number of nitrogens with zero attached hydrogens (tertiary/aromatic N) is 1. The van der Waals surface area contributed by atoms with Gasteiger partial charge in [-0.15, -0.1) is 0 Å². The lowest BCUT2D eigenvalue weighted by Crippen LogP contribution is -2.40. The fourth-order valence-electron chi connectivity index (χ4n) is 4.50. The van der Waals surface area contributed by atoms with E-state index in [1.807, 2.05) is 0 Å². The van der Waals surface area contributed by atoms with Gasteiger partial charge in [-0.3, -0.25) is 9.69 Å². The van der Waals surface area contributed by atoms with Gasteiger partial charge in [0.1, 0.15) is 0 Å². The molecule has 3 saturated heterocycles. The van der Waals surface area contributed by atoms with E-state index in [1.54, 1.807) is 6.07 Å². The van der Waals surface area contributed by atoms with Crippen LogP contribution in [0.2, 0.25) is 0 Å². The van der Waals surface area contributed by atoms with Crippen molar-refractivity contribution >= 4 is 5.91 Å². The number of amides is 1. The van der Waals surface area contributed by atoms with E-state index in [0.29, 0.717) is 31.2 Å². The first kappa shape index (κ1) is 18.8. The van der Waals surface area contributed by atoms with Gasteiger partial charge in [0.15, 0.2) is 11.6 Å². The summed E-state index contributed by atoms with van der Waals surface area (Å²) in [7, 11) is 0. The maximum atomic E-state index is 14.1. The summed E-state index contributed by atoms with van der Waals surface area (Å²) in [6.07, 6.45) is 2.58. The molecule has 0 bridgehead atoms. The van der Waals surface area contributed by atoms with Crippen molar-refractivity contribution in [2.75, 3.05) is 32.9 Å². The molecular weight excluding hydrogens is 354 g/mol. The molecule has 4 rings (SSSR count). The Balaban J connectivity index is 1.39. The van der Waals surface area contributed by atoms with Crippen LogP contribution >= 0.6 is 0 Å². The lowest BCUT2D eigenvalue weighted by Gasteiger charge is -2.23. The van der Waals surface area contributed by atoms with Crippen molar-refractivity contribution in [1.82, 2.24) is 10.2 Å². The molecule has 3 aliphatic heterocycles. The molecule has 1 amide bonds. The van der Waals surface area contributed by atoms with Crippen LogP contribution in [0.25, 0.3) is 0 Å². The van der Waals surface area contributed by atoms with Gasteiger partial charge in [0, 0.05) is 51.1 Å². The molecule has 0 unspecified atom stereocenters. The van der Waals surface area contributed by atoms with Gasteiger partial charge in [0.2, 0.25) is 5.91 Å². The molecule has 0 aromatic heterocycles. The summed E-state index contributed by atoms with van der Waals surface area (Å²) in [4.78, 5) is 14.8. The number of carbonyl (C=O) groups excluding carboxylic acids is 1. The van der Waals surface area contributed by atoms with Gasteiger partial charge in [-0.25, -0.2) is 8.78 Å². The van der Waals surface area contributed by atoms with Crippen molar-refractivity contribution in [3.05, 3.63) is 35.4 Å². The third kappa shape index (κ3) is 4.00. The first-order valence-electron chi connectivity index (χ1n) is 9.77. The normalized spacial score (nSPS) is 29.0. The van der Waals surface area contributed by atoms with Crippen molar-refractivity contribution in [3.63, 3.8) is 0 Å². The number of hydrogen-bond donors (Lipinski definition) is 1. The molecule has 3 atom stereocenters. The van der Waals surface area contributed by atoms with E-state index in [0.717, 1.165) is 38.5 Å². The highest BCUT2D eigenvalue weighted by Crippen LogP contribution is 2.35. The Hall–Kier alpha value is -1.57. The smallest absolute Gasteiger partial charge is 0.227 e. The number of rotatable bonds is 5. The Kier molecular flexibility index (Phi) is 5.71. The SMILES string of the molecule is O=C(NCC1CCOCC1)[C@@H]1CN(Cc2cccc(F)c2F)[C@H]2CCO[C@@H]12. The standard InChI is InChI=1S/C20H26F2N2O3/c21-16-3-1-2-14(18(16)22)11-24-12-15(19-17(24)6-9-27-19)20(25)23-10-13-4-7-26-8-5-13/h1-3,13,15,17,19H,4-12H2,(H,23,25)/t15-,17+,19+/m1/s1. The minimum absolute atomic E-state index is 0.000561. The number of likely N-dealkylation sites (tertiary alicyclic amines) is 1. The molecule has 1 aromatic rings. The molecule has 1 aromatic carbocycles. The molecule has 3 fully saturated rings. The summed E-state index contributed by atoms with van der Waals surface area (Å²) < 4.78 is 38.8. The highest BCUT2D eigenvalue weighted by molar-refractivity contribution is 5.80. The minimum atomic E-state index is -0.836. The summed E-state index contributed by atoms with van der Waals surface area (Å²) in [6.45, 7) is 3.56. The monoisotopic (exact) mass is 380 g/mol. The molecule has 3 aliphatic rings. The Morgan fingerprint density at radius 3 is 2.81 bits per heavy atom. The molecule has 0 saturated carbocycles. The molecule has 148 valence electrons. The van der Waals surface area contributed by atoms with E-state index in [-0.39, 0.29) is 30.5 Å². The Morgan fingerprint density at radius 2 is 2.00 bits per heavy atom. The van der Waals surface area contributed by atoms with Crippen LogP contribution in [0.3, 0.4) is 0 Å². The summed E-state index contributed by atoms with van der Waals surface area (Å²) in [5, 5.41) is 3.08. The van der Waals surface area contributed by atoms with Crippen LogP contribution in [0.5, 0.6) is 0 Å². The zero-order valence-electron chi connectivity index (χ0n) is 15.3. The van der Waals surface area contributed by atoms with E-state index in [9.17, 15) is 13.6 Å². The average Bonchev–Trinajstić information content (AvgIpc) is 3.28. The van der Waals surface area contributed by atoms with Crippen LogP contribution in [-0.4, -0.2) is 55.9 Å². The van der Waals surface area contributed by atoms with Crippen LogP contribution in [-0.2, 0) is 20.8 Å². The predicted octanol–water partition coefficient (Wildman–Crippen LogP) is 2.10. The number of ether oxygens (including phenoxy) is 2. The van der Waals surface area contributed by atoms with Gasteiger partial charge >= 0.3 is 0 Å². The van der Waals surface area contributed by atoms with Gasteiger partial charge in [-0.2, -0.15) is 0 Å². The van der Waals surface area contributed by atoms with E-state index < -0.39 is 11.6 Å². The van der Waals surface area contributed by atoms with E-state index in [2.05, 4.69) is 10.2 Å². The number of benzene rings is 1. The zero-order valence-corrected chi connectivity index (χ0v) is 15.3. The van der Waals surface area contributed by atoms with Crippen molar-refractivity contribution in [3.8, 4) is 0 Å². The highest BCUT2D eigenvalue weighted by Gasteiger charge is 2.48. The van der Waals surface area contributed by atoms with Gasteiger partial charge in [0.25, 0.3) is 0 Å². The first-order chi connectivity index (χ1) is 13.1. The quantitative estimate of drug-likeness (QED) is 0.850. The van der Waals surface area contributed by atoms with Crippen LogP contribution in [0.15, 0.2) is 18.2 Å². The maximum Gasteiger partial charge on any atom is 0.227 e. The molecule has 5 nitrogen and oxygen atoms in total. The van der Waals surface area contributed by atoms with Gasteiger partial charge in [-0.1, -0.05) is 12.1 Å². The second kappa shape index (κ2) is 8.20. The average molecular weight is 380 g/mol. The van der Waals surface area contributed by atoms with Crippen LogP contribution in [0.1, 0.15) is 24.8 Å². The van der Waals surface area contributed by atoms with Crippen LogP contribution < -0.4 is 5.32 Å². The summed E-state index contributed by atoms with van der Waals surface area (Å²) in [6, 6.07) is 4.31. The highest BCUT2D eigenvalue weighted by atomic mass is 19.2. The van der Waals surface area contributed by atoms with E-state index >= 15 is 0 Å². The number of fused-ring (bicyclic) bond motifs is 1. The fraction of sp³-hybridized carbons (Fsp3) is 0.650. The Bertz CT molecular complexity index is 681. The lowest BCUT2D eigenvalue weighted by molar-refractivity contribution is -0.128. The third-order valence-electron chi connectivity index (χ3n) is 6.05. The third-order valence-corrected chi connectivity index (χ3v) is 6.05. The van der Waals surface area contributed by atoms with Gasteiger partial charge in [-0.05, 0) is 31.2 Å². The predicted molar refractivity (Wildman–Crippen MR) is 95.0 cm³/mol. The van der Waals surface area contributed by atoms with Crippen LogP contribution in [0.4, 0.5) is 8.78 Å². The van der Waals surface area contributed by atoms with Gasteiger partial charge in [0.05, 0.1) is 12.0 Å². The van der Waals surface area contributed by atoms with E-state index in [4.69, 9.17) is 9.47 Å². The molecule has 0 spiro atoms. The zero-order chi connectivity index (χ0) is 18.8. The number of hydrogen-bond acceptors (Lipinski definition) is 4. The summed E-state index contributed by atoms with van der Waals surface area (Å²) in [5.74, 6) is -1.45. The van der Waals surface area contributed by atoms with Gasteiger partial charge < -0.3 is 14.8 Å². The Labute approximate surface area is 158 Å². The number of halogens is 2. The fourth-order valence-corrected chi connectivity index (χ4v) is 4.50. The van der Waals surface area contributed by atoms with E-state index in [1.165, 1.54) is 6.07 Å². The topological polar surface area (TPSA) is 50.8 Å². The van der Waals surface area contributed by atoms with Crippen LogP contribution in [0, 0.1) is 23.5 Å². The maximum absolute atomic E-state index is 14.1. The van der Waals surface area contributed by atoms with Crippen molar-refractivity contribution in [2.24, 2.45) is 11.8 Å². The van der Waals surface area contributed by atoms with Crippen molar-refractivity contribution in [2.45, 2.75) is 38.0 Å². The molecule has 7 heteroatoms. The van der Waals surface area contributed by atoms with Crippen molar-refractivity contribution in [1.29, 1.82) is 0 Å². The summed E-state index contributed by atoms with van der Waals surface area (Å²) in [5.41, 5.74) is 0.323. The second-order valence-corrected chi connectivity index (χ2v) is 7.74. The first-order valence-corrected chi connectivity index (χ1v) is 9.77. The Morgan fingerprint density at radius 1 is 1.19 bits per heavy atom. The molecule has 3 heterocycles. The minimum Gasteiger partial charge on any atom is -0.381 e. The van der Waals surface area contributed by atoms with Crippen molar-refractivity contribution < 1.29 is 23.0 Å². The summed E-state index contributed by atoms with van der Waals surface area (Å²) >= 11 is 0. The molecule has 27 heavy (non-hydrogen) atoms. The molecule has 1 N–H and O–H groups in total. The second-order valence-electron chi connectivity index (χ2n) is 7.74. The largest absolute Gasteiger partial charge is 0.381 e. The number of nitrogens with one attached hydrogen (secondary N) is 1. The molecule has 0 radical (unpaired) electrons. The molecular formula is C20H26F2N2O3. The number of carbonyl (C=O) groups is 1.